The fraction of sp³-hybridized carbons (Fsp3) is 0.333. The van der Waals surface area contributed by atoms with E-state index < -0.39 is 11.7 Å². The summed E-state index contributed by atoms with van der Waals surface area (Å²) in [6.07, 6.45) is -2.12. The lowest BCUT2D eigenvalue weighted by Gasteiger charge is -2.31. The molecule has 0 radical (unpaired) electrons. The first kappa shape index (κ1) is 21.2. The fourth-order valence-corrected chi connectivity index (χ4v) is 5.48. The number of piperidine rings is 1. The number of carbonyl (C=O) groups excluding carboxylic acids is 1. The zero-order valence-corrected chi connectivity index (χ0v) is 18.1. The molecule has 1 amide bonds. The van der Waals surface area contributed by atoms with Gasteiger partial charge in [0.15, 0.2) is 5.13 Å². The monoisotopic (exact) mass is 457 g/mol. The van der Waals surface area contributed by atoms with Gasteiger partial charge in [-0.3, -0.25) is 9.69 Å². The van der Waals surface area contributed by atoms with Crippen LogP contribution in [0.2, 0.25) is 0 Å². The summed E-state index contributed by atoms with van der Waals surface area (Å²) in [5.74, 6) is -0.136. The average molecular weight is 458 g/mol. The second-order valence-electron chi connectivity index (χ2n) is 8.36. The molecular weight excluding hydrogens is 435 g/mol. The van der Waals surface area contributed by atoms with E-state index in [9.17, 15) is 18.0 Å². The zero-order valence-electron chi connectivity index (χ0n) is 17.3. The zero-order chi connectivity index (χ0) is 22.3. The van der Waals surface area contributed by atoms with Gasteiger partial charge >= 0.3 is 6.18 Å². The number of aromatic nitrogens is 1. The van der Waals surface area contributed by atoms with Crippen LogP contribution in [0.1, 0.15) is 34.4 Å². The molecule has 2 aliphatic rings. The molecule has 1 aliphatic carbocycles. The number of amides is 1. The van der Waals surface area contributed by atoms with Gasteiger partial charge in [0.1, 0.15) is 0 Å². The Morgan fingerprint density at radius 1 is 1.12 bits per heavy atom. The maximum atomic E-state index is 12.9. The van der Waals surface area contributed by atoms with Crippen molar-refractivity contribution in [2.75, 3.05) is 18.4 Å². The van der Waals surface area contributed by atoms with Gasteiger partial charge in [0.2, 0.25) is 5.91 Å². The van der Waals surface area contributed by atoms with E-state index in [4.69, 9.17) is 0 Å². The lowest BCUT2D eigenvalue weighted by molar-refractivity contribution is -0.137. The Labute approximate surface area is 188 Å². The predicted molar refractivity (Wildman–Crippen MR) is 118 cm³/mol. The van der Waals surface area contributed by atoms with E-state index in [0.29, 0.717) is 43.2 Å². The largest absolute Gasteiger partial charge is 0.416 e. The molecule has 8 heteroatoms. The van der Waals surface area contributed by atoms with Gasteiger partial charge in [0, 0.05) is 29.3 Å². The Bertz CT molecular complexity index is 1150. The van der Waals surface area contributed by atoms with Gasteiger partial charge in [-0.1, -0.05) is 42.5 Å². The minimum absolute atomic E-state index is 0.0237. The highest BCUT2D eigenvalue weighted by molar-refractivity contribution is 7.16. The van der Waals surface area contributed by atoms with E-state index in [-0.39, 0.29) is 11.8 Å². The summed E-state index contributed by atoms with van der Waals surface area (Å²) in [7, 11) is 0. The van der Waals surface area contributed by atoms with Crippen molar-refractivity contribution in [1.82, 2.24) is 9.88 Å². The molecule has 3 aromatic rings. The second kappa shape index (κ2) is 8.33. The smallest absolute Gasteiger partial charge is 0.302 e. The van der Waals surface area contributed by atoms with E-state index in [1.807, 2.05) is 12.1 Å². The summed E-state index contributed by atoms with van der Waals surface area (Å²) in [6.45, 7) is 1.81. The molecule has 4 nitrogen and oxygen atoms in total. The number of nitrogens with zero attached hydrogens (tertiary/aromatic N) is 2. The third kappa shape index (κ3) is 4.29. The van der Waals surface area contributed by atoms with Crippen LogP contribution in [0.15, 0.2) is 48.5 Å². The van der Waals surface area contributed by atoms with E-state index in [0.717, 1.165) is 23.7 Å². The van der Waals surface area contributed by atoms with Gasteiger partial charge in [-0.25, -0.2) is 4.98 Å². The molecular formula is C24H22F3N3OS. The molecule has 0 saturated carbocycles. The van der Waals surface area contributed by atoms with Gasteiger partial charge in [-0.15, -0.1) is 11.3 Å². The number of halogens is 3. The van der Waals surface area contributed by atoms with Crippen LogP contribution in [0.4, 0.5) is 18.3 Å². The summed E-state index contributed by atoms with van der Waals surface area (Å²) in [5, 5.41) is 3.63. The molecule has 1 fully saturated rings. The maximum Gasteiger partial charge on any atom is 0.416 e. The molecule has 1 N–H and O–H groups in total. The topological polar surface area (TPSA) is 45.2 Å². The number of hydrogen-bond acceptors (Lipinski definition) is 4. The average Bonchev–Trinajstić information content (AvgIpc) is 3.31. The predicted octanol–water partition coefficient (Wildman–Crippen LogP) is 5.58. The Morgan fingerprint density at radius 3 is 2.69 bits per heavy atom. The van der Waals surface area contributed by atoms with Crippen LogP contribution in [-0.2, 0) is 23.9 Å². The summed E-state index contributed by atoms with van der Waals surface area (Å²) in [5.41, 5.74) is 3.40. The first-order valence-corrected chi connectivity index (χ1v) is 11.5. The number of hydrogen-bond donors (Lipinski definition) is 1. The molecule has 166 valence electrons. The van der Waals surface area contributed by atoms with Gasteiger partial charge in [-0.05, 0) is 43.1 Å². The number of carbonyl (C=O) groups is 1. The minimum Gasteiger partial charge on any atom is -0.302 e. The van der Waals surface area contributed by atoms with Crippen molar-refractivity contribution in [3.05, 3.63) is 70.1 Å². The Kier molecular flexibility index (Phi) is 5.51. The SMILES string of the molecule is O=C(Nc1nc2c(s1)Cc1ccccc1-2)C1CCN(Cc2cccc(C(F)(F)F)c2)CC1. The molecule has 0 bridgehead atoms. The van der Waals surface area contributed by atoms with Gasteiger partial charge in [0.25, 0.3) is 0 Å². The highest BCUT2D eigenvalue weighted by Crippen LogP contribution is 2.41. The third-order valence-electron chi connectivity index (χ3n) is 6.17. The molecule has 1 saturated heterocycles. The fourth-order valence-electron chi connectivity index (χ4n) is 4.48. The maximum absolute atomic E-state index is 12.9. The summed E-state index contributed by atoms with van der Waals surface area (Å²) >= 11 is 1.53. The molecule has 5 rings (SSSR count). The summed E-state index contributed by atoms with van der Waals surface area (Å²) < 4.78 is 38.8. The van der Waals surface area contributed by atoms with Crippen molar-refractivity contribution >= 4 is 22.4 Å². The molecule has 1 aliphatic heterocycles. The van der Waals surface area contributed by atoms with E-state index in [2.05, 4.69) is 27.3 Å². The summed E-state index contributed by atoms with van der Waals surface area (Å²) in [4.78, 5) is 20.7. The van der Waals surface area contributed by atoms with Crippen molar-refractivity contribution in [2.45, 2.75) is 32.0 Å². The highest BCUT2D eigenvalue weighted by Gasteiger charge is 2.31. The molecule has 2 aromatic carbocycles. The lowest BCUT2D eigenvalue weighted by atomic mass is 9.95. The lowest BCUT2D eigenvalue weighted by Crippen LogP contribution is -2.37. The van der Waals surface area contributed by atoms with Crippen LogP contribution >= 0.6 is 11.3 Å². The van der Waals surface area contributed by atoms with Crippen LogP contribution in [-0.4, -0.2) is 28.9 Å². The third-order valence-corrected chi connectivity index (χ3v) is 7.14. The van der Waals surface area contributed by atoms with Crippen LogP contribution in [0.3, 0.4) is 0 Å². The Balaban J connectivity index is 1.16. The Hall–Kier alpha value is -2.71. The molecule has 32 heavy (non-hydrogen) atoms. The number of nitrogens with one attached hydrogen (secondary N) is 1. The van der Waals surface area contributed by atoms with Crippen molar-refractivity contribution in [2.24, 2.45) is 5.92 Å². The van der Waals surface area contributed by atoms with E-state index in [1.165, 1.54) is 33.9 Å². The molecule has 0 unspecified atom stereocenters. The van der Waals surface area contributed by atoms with Crippen molar-refractivity contribution < 1.29 is 18.0 Å². The summed E-state index contributed by atoms with van der Waals surface area (Å²) in [6, 6.07) is 13.7. The van der Waals surface area contributed by atoms with Gasteiger partial charge < -0.3 is 5.32 Å². The number of rotatable bonds is 4. The van der Waals surface area contributed by atoms with Crippen molar-refractivity contribution in [3.8, 4) is 11.3 Å². The standard InChI is InChI=1S/C24H22F3N3OS/c25-24(26,27)18-6-3-4-15(12-18)14-30-10-8-16(9-11-30)22(31)29-23-28-21-19-7-2-1-5-17(19)13-20(21)32-23/h1-7,12,16H,8-11,13-14H2,(H,28,29,31). The molecule has 0 atom stereocenters. The van der Waals surface area contributed by atoms with Crippen LogP contribution in [0, 0.1) is 5.92 Å². The van der Waals surface area contributed by atoms with Crippen LogP contribution in [0.5, 0.6) is 0 Å². The number of thiazole rings is 1. The molecule has 0 spiro atoms. The molecule has 2 heterocycles. The number of fused-ring (bicyclic) bond motifs is 3. The van der Waals surface area contributed by atoms with Crippen molar-refractivity contribution in [1.29, 1.82) is 0 Å². The van der Waals surface area contributed by atoms with Crippen molar-refractivity contribution in [3.63, 3.8) is 0 Å². The number of benzene rings is 2. The Morgan fingerprint density at radius 2 is 1.91 bits per heavy atom. The quantitative estimate of drug-likeness (QED) is 0.435. The minimum atomic E-state index is -4.33. The van der Waals surface area contributed by atoms with Gasteiger partial charge in [-0.2, -0.15) is 13.2 Å². The van der Waals surface area contributed by atoms with Crippen LogP contribution in [0.25, 0.3) is 11.3 Å². The van der Waals surface area contributed by atoms with Gasteiger partial charge in [0.05, 0.1) is 11.3 Å². The van der Waals surface area contributed by atoms with E-state index in [1.54, 1.807) is 6.07 Å². The normalized spacial score (nSPS) is 16.6. The van der Waals surface area contributed by atoms with Crippen LogP contribution < -0.4 is 5.32 Å². The van der Waals surface area contributed by atoms with E-state index >= 15 is 0 Å². The number of likely N-dealkylation sites (tertiary alicyclic amines) is 1. The highest BCUT2D eigenvalue weighted by atomic mass is 32.1. The second-order valence-corrected chi connectivity index (χ2v) is 9.45. The number of anilines is 1. The first-order chi connectivity index (χ1) is 15.4. The first-order valence-electron chi connectivity index (χ1n) is 10.6. The number of alkyl halides is 3. The molecule has 1 aromatic heterocycles.